The van der Waals surface area contributed by atoms with Crippen LogP contribution in [0.2, 0.25) is 5.02 Å². The summed E-state index contributed by atoms with van der Waals surface area (Å²) >= 11 is 6.06. The smallest absolute Gasteiger partial charge is 0.251 e. The van der Waals surface area contributed by atoms with Crippen LogP contribution < -0.4 is 10.1 Å². The van der Waals surface area contributed by atoms with Gasteiger partial charge in [0.25, 0.3) is 5.91 Å². The molecule has 3 aromatic rings. The average molecular weight is 357 g/mol. The first-order chi connectivity index (χ1) is 12.1. The number of methoxy groups -OCH3 is 1. The number of hydrogen-bond acceptors (Lipinski definition) is 4. The van der Waals surface area contributed by atoms with Crippen LogP contribution in [0.25, 0.3) is 11.3 Å². The number of aromatic nitrogens is 3. The highest BCUT2D eigenvalue weighted by molar-refractivity contribution is 6.30. The molecule has 0 aliphatic rings. The lowest BCUT2D eigenvalue weighted by atomic mass is 10.1. The summed E-state index contributed by atoms with van der Waals surface area (Å²) in [5.74, 6) is 0.625. The highest BCUT2D eigenvalue weighted by atomic mass is 35.5. The molecule has 1 amide bonds. The van der Waals surface area contributed by atoms with Gasteiger partial charge in [0.1, 0.15) is 11.4 Å². The van der Waals surface area contributed by atoms with Crippen LogP contribution in [0.5, 0.6) is 5.75 Å². The standard InChI is InChI=1S/C18H17ClN4O2/c1-20-18(24)13-5-3-12(4-6-13)16-11-23(22-21-16)10-14-9-15(19)7-8-17(14)25-2/h3-9,11H,10H2,1-2H3,(H,20,24). The molecular weight excluding hydrogens is 340 g/mol. The summed E-state index contributed by atoms with van der Waals surface area (Å²) in [5.41, 5.74) is 3.13. The van der Waals surface area contributed by atoms with Crippen molar-refractivity contribution in [3.8, 4) is 17.0 Å². The zero-order valence-electron chi connectivity index (χ0n) is 13.9. The number of benzene rings is 2. The number of hydrogen-bond donors (Lipinski definition) is 1. The average Bonchev–Trinajstić information content (AvgIpc) is 3.10. The molecule has 0 fully saturated rings. The largest absolute Gasteiger partial charge is 0.496 e. The van der Waals surface area contributed by atoms with E-state index in [0.29, 0.717) is 17.1 Å². The van der Waals surface area contributed by atoms with E-state index in [4.69, 9.17) is 16.3 Å². The van der Waals surface area contributed by atoms with E-state index in [-0.39, 0.29) is 5.91 Å². The van der Waals surface area contributed by atoms with Gasteiger partial charge in [0.05, 0.1) is 19.9 Å². The van der Waals surface area contributed by atoms with Crippen molar-refractivity contribution in [2.75, 3.05) is 14.2 Å². The molecule has 6 nitrogen and oxygen atoms in total. The number of carbonyl (C=O) groups is 1. The van der Waals surface area contributed by atoms with Crippen LogP contribution in [0, 0.1) is 0 Å². The van der Waals surface area contributed by atoms with Gasteiger partial charge >= 0.3 is 0 Å². The van der Waals surface area contributed by atoms with Crippen molar-refractivity contribution >= 4 is 17.5 Å². The lowest BCUT2D eigenvalue weighted by Crippen LogP contribution is -2.17. The van der Waals surface area contributed by atoms with Gasteiger partial charge in [0, 0.05) is 28.8 Å². The zero-order valence-corrected chi connectivity index (χ0v) is 14.6. The first-order valence-electron chi connectivity index (χ1n) is 7.66. The zero-order chi connectivity index (χ0) is 17.8. The van der Waals surface area contributed by atoms with Gasteiger partial charge in [-0.05, 0) is 30.3 Å². The van der Waals surface area contributed by atoms with E-state index in [2.05, 4.69) is 15.6 Å². The van der Waals surface area contributed by atoms with Gasteiger partial charge in [-0.2, -0.15) is 0 Å². The molecule has 3 rings (SSSR count). The fourth-order valence-corrected chi connectivity index (χ4v) is 2.68. The molecular formula is C18H17ClN4O2. The van der Waals surface area contributed by atoms with E-state index in [1.165, 1.54) is 0 Å². The minimum absolute atomic E-state index is 0.122. The van der Waals surface area contributed by atoms with Gasteiger partial charge in [-0.25, -0.2) is 4.68 Å². The van der Waals surface area contributed by atoms with Crippen molar-refractivity contribution in [3.05, 3.63) is 64.8 Å². The summed E-state index contributed by atoms with van der Waals surface area (Å²) in [6.45, 7) is 0.493. The van der Waals surface area contributed by atoms with Crippen LogP contribution in [0.4, 0.5) is 0 Å². The third-order valence-corrected chi connectivity index (χ3v) is 4.02. The number of ether oxygens (including phenoxy) is 1. The molecule has 0 spiro atoms. The fraction of sp³-hybridized carbons (Fsp3) is 0.167. The van der Waals surface area contributed by atoms with Crippen molar-refractivity contribution in [1.82, 2.24) is 20.3 Å². The number of halogens is 1. The summed E-state index contributed by atoms with van der Waals surface area (Å²) in [6.07, 6.45) is 1.84. The molecule has 0 aliphatic heterocycles. The first-order valence-corrected chi connectivity index (χ1v) is 8.03. The lowest BCUT2D eigenvalue weighted by molar-refractivity contribution is 0.0963. The van der Waals surface area contributed by atoms with Crippen LogP contribution in [0.15, 0.2) is 48.7 Å². The second kappa shape index (κ2) is 7.36. The third-order valence-electron chi connectivity index (χ3n) is 3.78. The number of nitrogens with zero attached hydrogens (tertiary/aromatic N) is 3. The Morgan fingerprint density at radius 3 is 2.68 bits per heavy atom. The monoisotopic (exact) mass is 356 g/mol. The predicted molar refractivity (Wildman–Crippen MR) is 96.0 cm³/mol. The summed E-state index contributed by atoms with van der Waals surface area (Å²) in [7, 11) is 3.22. The van der Waals surface area contributed by atoms with Crippen LogP contribution >= 0.6 is 11.6 Å². The van der Waals surface area contributed by atoms with Crippen LogP contribution in [-0.4, -0.2) is 35.1 Å². The molecule has 0 aliphatic carbocycles. The Morgan fingerprint density at radius 2 is 2.00 bits per heavy atom. The van der Waals surface area contributed by atoms with Crippen molar-refractivity contribution < 1.29 is 9.53 Å². The minimum atomic E-state index is -0.122. The van der Waals surface area contributed by atoms with E-state index in [9.17, 15) is 4.79 Å². The molecule has 0 unspecified atom stereocenters. The molecule has 2 aromatic carbocycles. The topological polar surface area (TPSA) is 69.0 Å². The fourth-order valence-electron chi connectivity index (χ4n) is 2.49. The maximum Gasteiger partial charge on any atom is 0.251 e. The first kappa shape index (κ1) is 17.0. The second-order valence-corrected chi connectivity index (χ2v) is 5.85. The Kier molecular flexibility index (Phi) is 5.00. The van der Waals surface area contributed by atoms with Crippen LogP contribution in [0.3, 0.4) is 0 Å². The lowest BCUT2D eigenvalue weighted by Gasteiger charge is -2.08. The maximum absolute atomic E-state index is 11.6. The quantitative estimate of drug-likeness (QED) is 0.763. The Morgan fingerprint density at radius 1 is 1.24 bits per heavy atom. The Hall–Kier alpha value is -2.86. The number of nitrogens with one attached hydrogen (secondary N) is 1. The van der Waals surface area contributed by atoms with Gasteiger partial charge in [0.15, 0.2) is 0 Å². The summed E-state index contributed by atoms with van der Waals surface area (Å²) in [5, 5.41) is 11.6. The molecule has 0 bridgehead atoms. The molecule has 1 N–H and O–H groups in total. The second-order valence-electron chi connectivity index (χ2n) is 5.41. The Labute approximate surface area is 150 Å². The predicted octanol–water partition coefficient (Wildman–Crippen LogP) is 3.02. The summed E-state index contributed by atoms with van der Waals surface area (Å²) in [6, 6.07) is 12.7. The van der Waals surface area contributed by atoms with Crippen molar-refractivity contribution in [1.29, 1.82) is 0 Å². The maximum atomic E-state index is 11.6. The van der Waals surface area contributed by atoms with E-state index in [1.54, 1.807) is 37.0 Å². The summed E-state index contributed by atoms with van der Waals surface area (Å²) < 4.78 is 7.07. The highest BCUT2D eigenvalue weighted by Gasteiger charge is 2.09. The molecule has 7 heteroatoms. The van der Waals surface area contributed by atoms with E-state index < -0.39 is 0 Å². The Balaban J connectivity index is 1.81. The summed E-state index contributed by atoms with van der Waals surface area (Å²) in [4.78, 5) is 11.6. The van der Waals surface area contributed by atoms with Gasteiger partial charge in [-0.3, -0.25) is 4.79 Å². The van der Waals surface area contributed by atoms with Crippen molar-refractivity contribution in [2.24, 2.45) is 0 Å². The molecule has 128 valence electrons. The van der Waals surface area contributed by atoms with E-state index in [1.807, 2.05) is 30.5 Å². The SMILES string of the molecule is CNC(=O)c1ccc(-c2cn(Cc3cc(Cl)ccc3OC)nn2)cc1. The van der Waals surface area contributed by atoms with Gasteiger partial charge in [0.2, 0.25) is 0 Å². The minimum Gasteiger partial charge on any atom is -0.496 e. The van der Waals surface area contributed by atoms with E-state index in [0.717, 1.165) is 22.6 Å². The molecule has 0 atom stereocenters. The van der Waals surface area contributed by atoms with Crippen LogP contribution in [-0.2, 0) is 6.54 Å². The van der Waals surface area contributed by atoms with Crippen LogP contribution in [0.1, 0.15) is 15.9 Å². The molecule has 0 saturated carbocycles. The molecule has 1 heterocycles. The van der Waals surface area contributed by atoms with Gasteiger partial charge in [-0.1, -0.05) is 28.9 Å². The Bertz CT molecular complexity index is 890. The highest BCUT2D eigenvalue weighted by Crippen LogP contribution is 2.24. The number of amides is 1. The molecule has 0 radical (unpaired) electrons. The van der Waals surface area contributed by atoms with Gasteiger partial charge < -0.3 is 10.1 Å². The van der Waals surface area contributed by atoms with Gasteiger partial charge in [-0.15, -0.1) is 5.10 Å². The van der Waals surface area contributed by atoms with Crippen molar-refractivity contribution in [2.45, 2.75) is 6.54 Å². The normalized spacial score (nSPS) is 10.5. The van der Waals surface area contributed by atoms with E-state index >= 15 is 0 Å². The molecule has 0 saturated heterocycles. The molecule has 1 aromatic heterocycles. The number of carbonyl (C=O) groups excluding carboxylic acids is 1. The van der Waals surface area contributed by atoms with Crippen molar-refractivity contribution in [3.63, 3.8) is 0 Å². The molecule has 25 heavy (non-hydrogen) atoms. The third kappa shape index (κ3) is 3.80. The number of rotatable bonds is 5.